The van der Waals surface area contributed by atoms with Gasteiger partial charge in [0.2, 0.25) is 0 Å². The zero-order valence-corrected chi connectivity index (χ0v) is 17.6. The molecule has 0 bridgehead atoms. The molecule has 0 fully saturated rings. The summed E-state index contributed by atoms with van der Waals surface area (Å²) in [6.45, 7) is 7.73. The van der Waals surface area contributed by atoms with Crippen molar-refractivity contribution in [2.45, 2.75) is 51.0 Å². The Balaban J connectivity index is 1.37. The summed E-state index contributed by atoms with van der Waals surface area (Å²) in [6.07, 6.45) is 3.80. The summed E-state index contributed by atoms with van der Waals surface area (Å²) in [5, 5.41) is 6.40. The minimum Gasteiger partial charge on any atom is -0.310 e. The smallest absolute Gasteiger partial charge is 0.0297 e. The third-order valence-electron chi connectivity index (χ3n) is 5.15. The Morgan fingerprint density at radius 3 is 2.56 bits per heavy atom. The molecule has 3 rings (SSSR count). The van der Waals surface area contributed by atoms with Crippen LogP contribution in [-0.4, -0.2) is 12.3 Å². The third-order valence-corrected chi connectivity index (χ3v) is 6.41. The normalized spacial score (nSPS) is 12.4. The lowest BCUT2D eigenvalue weighted by atomic mass is 9.99. The fourth-order valence-electron chi connectivity index (χ4n) is 3.60. The molecule has 0 aliphatic rings. The van der Waals surface area contributed by atoms with E-state index in [-0.39, 0.29) is 0 Å². The first-order valence-electron chi connectivity index (χ1n) is 10.1. The predicted molar refractivity (Wildman–Crippen MR) is 121 cm³/mol. The van der Waals surface area contributed by atoms with Gasteiger partial charge in [-0.3, -0.25) is 0 Å². The Bertz CT molecular complexity index is 866. The Morgan fingerprint density at radius 2 is 1.70 bits per heavy atom. The second kappa shape index (κ2) is 9.96. The van der Waals surface area contributed by atoms with Gasteiger partial charge >= 0.3 is 0 Å². The van der Waals surface area contributed by atoms with Gasteiger partial charge in [0.1, 0.15) is 0 Å². The predicted octanol–water partition coefficient (Wildman–Crippen LogP) is 7.07. The van der Waals surface area contributed by atoms with Crippen molar-refractivity contribution >= 4 is 22.5 Å². The van der Waals surface area contributed by atoms with Crippen LogP contribution in [0.5, 0.6) is 0 Å². The van der Waals surface area contributed by atoms with Gasteiger partial charge < -0.3 is 5.32 Å². The van der Waals surface area contributed by atoms with Crippen LogP contribution >= 0.6 is 11.8 Å². The molecule has 1 nitrogen and oxygen atoms in total. The number of nitrogens with one attached hydrogen (secondary N) is 1. The summed E-state index contributed by atoms with van der Waals surface area (Å²) in [4.78, 5) is 1.43. The number of thioether (sulfide) groups is 1. The number of rotatable bonds is 9. The van der Waals surface area contributed by atoms with E-state index in [1.165, 1.54) is 57.4 Å². The molecule has 0 aromatic heterocycles. The number of benzene rings is 3. The molecule has 0 amide bonds. The first-order valence-corrected chi connectivity index (χ1v) is 11.0. The minimum atomic E-state index is 0.390. The van der Waals surface area contributed by atoms with Crippen LogP contribution in [0.1, 0.15) is 48.9 Å². The third kappa shape index (κ3) is 5.60. The summed E-state index contributed by atoms with van der Waals surface area (Å²) in [5.41, 5.74) is 4.16. The van der Waals surface area contributed by atoms with Gasteiger partial charge in [-0.25, -0.2) is 0 Å². The zero-order valence-electron chi connectivity index (χ0n) is 16.8. The molecular weight excluding hydrogens is 346 g/mol. The standard InChI is InChI=1S/C25H31NS/c1-19-14-15-25(20(2)18-19)27-17-8-4-7-16-26-21(3)23-13-9-11-22-10-5-6-12-24(22)23/h5-6,9-15,18,21,26H,4,7-8,16-17H2,1-3H3/t21-/m1/s1. The Hall–Kier alpha value is -1.77. The quantitative estimate of drug-likeness (QED) is 0.316. The fourth-order valence-corrected chi connectivity index (χ4v) is 4.62. The number of fused-ring (bicyclic) bond motifs is 1. The molecule has 3 aromatic rings. The molecule has 0 spiro atoms. The lowest BCUT2D eigenvalue weighted by molar-refractivity contribution is 0.547. The maximum atomic E-state index is 3.71. The average Bonchev–Trinajstić information content (AvgIpc) is 2.68. The largest absolute Gasteiger partial charge is 0.310 e. The molecule has 0 saturated carbocycles. The van der Waals surface area contributed by atoms with Crippen molar-refractivity contribution in [3.8, 4) is 0 Å². The van der Waals surface area contributed by atoms with Crippen LogP contribution in [0.15, 0.2) is 65.6 Å². The van der Waals surface area contributed by atoms with Crippen LogP contribution in [0.2, 0.25) is 0 Å². The Kier molecular flexibility index (Phi) is 7.37. The van der Waals surface area contributed by atoms with E-state index in [4.69, 9.17) is 0 Å². The highest BCUT2D eigenvalue weighted by Crippen LogP contribution is 2.25. The van der Waals surface area contributed by atoms with E-state index in [1.807, 2.05) is 11.8 Å². The van der Waals surface area contributed by atoms with Gasteiger partial charge in [-0.2, -0.15) is 0 Å². The molecule has 1 atom stereocenters. The van der Waals surface area contributed by atoms with Crippen molar-refractivity contribution in [2.75, 3.05) is 12.3 Å². The van der Waals surface area contributed by atoms with Crippen LogP contribution < -0.4 is 5.32 Å². The van der Waals surface area contributed by atoms with Gasteiger partial charge in [-0.15, -0.1) is 11.8 Å². The number of hydrogen-bond acceptors (Lipinski definition) is 2. The van der Waals surface area contributed by atoms with Gasteiger partial charge in [0.05, 0.1) is 0 Å². The van der Waals surface area contributed by atoms with Crippen LogP contribution in [0.25, 0.3) is 10.8 Å². The van der Waals surface area contributed by atoms with Crippen molar-refractivity contribution in [1.29, 1.82) is 0 Å². The molecule has 0 aliphatic carbocycles. The van der Waals surface area contributed by atoms with Crippen LogP contribution in [-0.2, 0) is 0 Å². The molecule has 0 aliphatic heterocycles. The van der Waals surface area contributed by atoms with E-state index >= 15 is 0 Å². The zero-order chi connectivity index (χ0) is 19.1. The SMILES string of the molecule is Cc1ccc(SCCCCCN[C@H](C)c2cccc3ccccc23)c(C)c1. The van der Waals surface area contributed by atoms with Crippen molar-refractivity contribution in [2.24, 2.45) is 0 Å². The van der Waals surface area contributed by atoms with Gasteiger partial charge in [-0.05, 0) is 73.9 Å². The summed E-state index contributed by atoms with van der Waals surface area (Å²) >= 11 is 2.00. The van der Waals surface area contributed by atoms with E-state index in [1.54, 1.807) is 0 Å². The Morgan fingerprint density at radius 1 is 0.889 bits per heavy atom. The lowest BCUT2D eigenvalue weighted by Crippen LogP contribution is -2.20. The van der Waals surface area contributed by atoms with E-state index < -0.39 is 0 Å². The van der Waals surface area contributed by atoms with Crippen LogP contribution in [0, 0.1) is 13.8 Å². The second-order valence-electron chi connectivity index (χ2n) is 7.42. The molecule has 0 radical (unpaired) electrons. The number of aryl methyl sites for hydroxylation is 2. The maximum Gasteiger partial charge on any atom is 0.0297 e. The highest BCUT2D eigenvalue weighted by atomic mass is 32.2. The maximum absolute atomic E-state index is 3.71. The Labute approximate surface area is 168 Å². The first kappa shape index (κ1) is 20.0. The summed E-state index contributed by atoms with van der Waals surface area (Å²) < 4.78 is 0. The van der Waals surface area contributed by atoms with Crippen molar-refractivity contribution < 1.29 is 0 Å². The molecule has 1 N–H and O–H groups in total. The second-order valence-corrected chi connectivity index (χ2v) is 8.56. The lowest BCUT2D eigenvalue weighted by Gasteiger charge is -2.16. The first-order chi connectivity index (χ1) is 13.1. The molecular formula is C25H31NS. The van der Waals surface area contributed by atoms with Gasteiger partial charge in [0, 0.05) is 10.9 Å². The molecule has 2 heteroatoms. The molecule has 0 unspecified atom stereocenters. The monoisotopic (exact) mass is 377 g/mol. The van der Waals surface area contributed by atoms with Crippen molar-refractivity contribution in [1.82, 2.24) is 5.32 Å². The molecule has 0 saturated heterocycles. The van der Waals surface area contributed by atoms with Gasteiger partial charge in [0.15, 0.2) is 0 Å². The molecule has 27 heavy (non-hydrogen) atoms. The van der Waals surface area contributed by atoms with E-state index in [0.29, 0.717) is 6.04 Å². The van der Waals surface area contributed by atoms with E-state index in [0.717, 1.165) is 6.54 Å². The summed E-state index contributed by atoms with van der Waals surface area (Å²) in [7, 11) is 0. The van der Waals surface area contributed by atoms with Gasteiger partial charge in [-0.1, -0.05) is 66.6 Å². The van der Waals surface area contributed by atoms with E-state index in [9.17, 15) is 0 Å². The number of unbranched alkanes of at least 4 members (excludes halogenated alkanes) is 2. The van der Waals surface area contributed by atoms with Gasteiger partial charge in [0.25, 0.3) is 0 Å². The molecule has 142 valence electrons. The minimum absolute atomic E-state index is 0.390. The topological polar surface area (TPSA) is 12.0 Å². The van der Waals surface area contributed by atoms with Crippen molar-refractivity contribution in [3.05, 3.63) is 77.4 Å². The summed E-state index contributed by atoms with van der Waals surface area (Å²) in [6, 6.07) is 22.4. The average molecular weight is 378 g/mol. The van der Waals surface area contributed by atoms with Crippen molar-refractivity contribution in [3.63, 3.8) is 0 Å². The number of hydrogen-bond donors (Lipinski definition) is 1. The van der Waals surface area contributed by atoms with Crippen LogP contribution in [0.4, 0.5) is 0 Å². The van der Waals surface area contributed by atoms with Crippen LogP contribution in [0.3, 0.4) is 0 Å². The molecule has 3 aromatic carbocycles. The fraction of sp³-hybridized carbons (Fsp3) is 0.360. The summed E-state index contributed by atoms with van der Waals surface area (Å²) in [5.74, 6) is 1.21. The van der Waals surface area contributed by atoms with E-state index in [2.05, 4.69) is 86.8 Å². The highest BCUT2D eigenvalue weighted by molar-refractivity contribution is 7.99. The molecule has 0 heterocycles. The highest BCUT2D eigenvalue weighted by Gasteiger charge is 2.08.